The Balaban J connectivity index is 2.89. The number of benzene rings is 1. The Labute approximate surface area is 136 Å². The number of likely N-dealkylation sites (N-methyl/N-ethyl adjacent to an activating group) is 1. The number of carbonyl (C=O) groups is 2. The second-order valence-electron chi connectivity index (χ2n) is 5.40. The summed E-state index contributed by atoms with van der Waals surface area (Å²) < 4.78 is 23.5. The highest BCUT2D eigenvalue weighted by molar-refractivity contribution is 7.88. The van der Waals surface area contributed by atoms with Gasteiger partial charge in [-0.05, 0) is 12.0 Å². The van der Waals surface area contributed by atoms with Crippen molar-refractivity contribution in [3.63, 3.8) is 0 Å². The Hall–Kier alpha value is -1.93. The summed E-state index contributed by atoms with van der Waals surface area (Å²) in [7, 11) is -2.18. The lowest BCUT2D eigenvalue weighted by molar-refractivity contribution is -0.144. The molecule has 0 radical (unpaired) electrons. The summed E-state index contributed by atoms with van der Waals surface area (Å²) >= 11 is 0. The van der Waals surface area contributed by atoms with Crippen molar-refractivity contribution in [2.75, 3.05) is 26.4 Å². The second kappa shape index (κ2) is 7.56. The van der Waals surface area contributed by atoms with Crippen LogP contribution in [0.1, 0.15) is 18.9 Å². The Morgan fingerprint density at radius 3 is 2.26 bits per heavy atom. The van der Waals surface area contributed by atoms with Gasteiger partial charge < -0.3 is 10.4 Å². The van der Waals surface area contributed by atoms with Gasteiger partial charge in [0.25, 0.3) is 0 Å². The van der Waals surface area contributed by atoms with Crippen LogP contribution >= 0.6 is 0 Å². The second-order valence-corrected chi connectivity index (χ2v) is 7.49. The molecule has 0 aromatic heterocycles. The standard InChI is InChI=1S/C15H22N2O5S/c1-4-15(14(19)20,12-8-6-5-7-9-12)11-16-13(18)10-17(2)23(3,21)22/h5-9H,4,10-11H2,1-3H3,(H,16,18)(H,19,20). The maximum absolute atomic E-state index is 11.9. The number of aliphatic carboxylic acids is 1. The largest absolute Gasteiger partial charge is 0.481 e. The molecule has 1 aromatic rings. The number of carboxylic acids is 1. The molecule has 0 aliphatic carbocycles. The van der Waals surface area contributed by atoms with E-state index in [1.807, 2.05) is 0 Å². The first kappa shape index (κ1) is 19.1. The van der Waals surface area contributed by atoms with Crippen molar-refractivity contribution in [1.82, 2.24) is 9.62 Å². The van der Waals surface area contributed by atoms with E-state index in [-0.39, 0.29) is 19.5 Å². The molecule has 1 atom stereocenters. The van der Waals surface area contributed by atoms with Crippen LogP contribution in [0.25, 0.3) is 0 Å². The zero-order valence-corrected chi connectivity index (χ0v) is 14.3. The zero-order valence-electron chi connectivity index (χ0n) is 13.4. The van der Waals surface area contributed by atoms with Crippen molar-refractivity contribution in [2.45, 2.75) is 18.8 Å². The number of sulfonamides is 1. The van der Waals surface area contributed by atoms with Crippen LogP contribution in [0, 0.1) is 0 Å². The molecule has 1 rings (SSSR count). The molecule has 0 saturated carbocycles. The predicted octanol–water partition coefficient (Wildman–Crippen LogP) is 0.427. The van der Waals surface area contributed by atoms with E-state index in [0.717, 1.165) is 10.6 Å². The summed E-state index contributed by atoms with van der Waals surface area (Å²) in [5.74, 6) is -1.59. The Morgan fingerprint density at radius 1 is 1.26 bits per heavy atom. The van der Waals surface area contributed by atoms with Gasteiger partial charge in [0.15, 0.2) is 0 Å². The summed E-state index contributed by atoms with van der Waals surface area (Å²) in [6.07, 6.45) is 1.28. The molecule has 0 fully saturated rings. The SMILES string of the molecule is CCC(CNC(=O)CN(C)S(C)(=O)=O)(C(=O)O)c1ccccc1. The molecule has 1 amide bonds. The highest BCUT2D eigenvalue weighted by Gasteiger charge is 2.39. The van der Waals surface area contributed by atoms with Gasteiger partial charge in [-0.1, -0.05) is 37.3 Å². The van der Waals surface area contributed by atoms with Crippen LogP contribution < -0.4 is 5.32 Å². The molecule has 8 heteroatoms. The summed E-state index contributed by atoms with van der Waals surface area (Å²) in [5.41, 5.74) is -0.660. The summed E-state index contributed by atoms with van der Waals surface area (Å²) in [6, 6.07) is 8.66. The van der Waals surface area contributed by atoms with Crippen molar-refractivity contribution < 1.29 is 23.1 Å². The molecule has 0 heterocycles. The van der Waals surface area contributed by atoms with Crippen molar-refractivity contribution in [3.8, 4) is 0 Å². The number of nitrogens with one attached hydrogen (secondary N) is 1. The highest BCUT2D eigenvalue weighted by atomic mass is 32.2. The summed E-state index contributed by atoms with van der Waals surface area (Å²) in [5, 5.41) is 12.2. The highest BCUT2D eigenvalue weighted by Crippen LogP contribution is 2.27. The first-order valence-corrected chi connectivity index (χ1v) is 8.95. The van der Waals surface area contributed by atoms with E-state index in [9.17, 15) is 23.1 Å². The Kier molecular flexibility index (Phi) is 6.28. The summed E-state index contributed by atoms with van der Waals surface area (Å²) in [4.78, 5) is 23.7. The van der Waals surface area contributed by atoms with Gasteiger partial charge >= 0.3 is 5.97 Å². The number of hydrogen-bond donors (Lipinski definition) is 2. The van der Waals surface area contributed by atoms with Gasteiger partial charge in [-0.2, -0.15) is 4.31 Å². The number of hydrogen-bond acceptors (Lipinski definition) is 4. The van der Waals surface area contributed by atoms with Crippen LogP contribution in [0.4, 0.5) is 0 Å². The fourth-order valence-electron chi connectivity index (χ4n) is 2.16. The molecule has 0 bridgehead atoms. The quantitative estimate of drug-likeness (QED) is 0.713. The van der Waals surface area contributed by atoms with Gasteiger partial charge in [-0.3, -0.25) is 9.59 Å². The molecule has 7 nitrogen and oxygen atoms in total. The molecule has 0 aliphatic heterocycles. The van der Waals surface area contributed by atoms with E-state index in [4.69, 9.17) is 0 Å². The fourth-order valence-corrected chi connectivity index (χ4v) is 2.52. The third-order valence-corrected chi connectivity index (χ3v) is 5.12. The van der Waals surface area contributed by atoms with E-state index < -0.39 is 27.3 Å². The van der Waals surface area contributed by atoms with Gasteiger partial charge in [-0.15, -0.1) is 0 Å². The lowest BCUT2D eigenvalue weighted by Gasteiger charge is -2.29. The molecule has 128 valence electrons. The van der Waals surface area contributed by atoms with Crippen LogP contribution in [0.5, 0.6) is 0 Å². The van der Waals surface area contributed by atoms with Crippen LogP contribution in [-0.2, 0) is 25.0 Å². The molecule has 0 spiro atoms. The molecular formula is C15H22N2O5S. The molecule has 23 heavy (non-hydrogen) atoms. The first-order chi connectivity index (χ1) is 10.6. The molecule has 0 saturated heterocycles. The molecule has 1 unspecified atom stereocenters. The predicted molar refractivity (Wildman–Crippen MR) is 86.5 cm³/mol. The van der Waals surface area contributed by atoms with E-state index in [1.54, 1.807) is 37.3 Å². The maximum atomic E-state index is 11.9. The molecule has 1 aromatic carbocycles. The van der Waals surface area contributed by atoms with E-state index in [1.165, 1.54) is 7.05 Å². The number of carboxylic acid groups (broad SMARTS) is 1. The normalized spacial score (nSPS) is 14.3. The lowest BCUT2D eigenvalue weighted by Crippen LogP contribution is -2.48. The van der Waals surface area contributed by atoms with E-state index >= 15 is 0 Å². The molecule has 0 aliphatic rings. The van der Waals surface area contributed by atoms with Crippen molar-refractivity contribution in [2.24, 2.45) is 0 Å². The van der Waals surface area contributed by atoms with Crippen LogP contribution in [0.2, 0.25) is 0 Å². The van der Waals surface area contributed by atoms with Gasteiger partial charge in [0.2, 0.25) is 15.9 Å². The Bertz CT molecular complexity index is 660. The van der Waals surface area contributed by atoms with Gasteiger partial charge in [0.1, 0.15) is 5.41 Å². The number of nitrogens with zero attached hydrogens (tertiary/aromatic N) is 1. The minimum Gasteiger partial charge on any atom is -0.481 e. The van der Waals surface area contributed by atoms with Gasteiger partial charge in [0.05, 0.1) is 12.8 Å². The van der Waals surface area contributed by atoms with Crippen LogP contribution in [-0.4, -0.2) is 56.1 Å². The monoisotopic (exact) mass is 342 g/mol. The number of rotatable bonds is 8. The van der Waals surface area contributed by atoms with Crippen molar-refractivity contribution in [1.29, 1.82) is 0 Å². The van der Waals surface area contributed by atoms with Crippen molar-refractivity contribution >= 4 is 21.9 Å². The summed E-state index contributed by atoms with van der Waals surface area (Å²) in [6.45, 7) is 1.27. The topological polar surface area (TPSA) is 104 Å². The van der Waals surface area contributed by atoms with Gasteiger partial charge in [-0.25, -0.2) is 8.42 Å². The number of carbonyl (C=O) groups excluding carboxylic acids is 1. The fraction of sp³-hybridized carbons (Fsp3) is 0.467. The number of amides is 1. The van der Waals surface area contributed by atoms with E-state index in [2.05, 4.69) is 5.32 Å². The van der Waals surface area contributed by atoms with Crippen LogP contribution in [0.3, 0.4) is 0 Å². The zero-order chi connectivity index (χ0) is 17.7. The lowest BCUT2D eigenvalue weighted by atomic mass is 9.78. The molecule has 2 N–H and O–H groups in total. The van der Waals surface area contributed by atoms with Crippen molar-refractivity contribution in [3.05, 3.63) is 35.9 Å². The van der Waals surface area contributed by atoms with E-state index in [0.29, 0.717) is 5.56 Å². The Morgan fingerprint density at radius 2 is 1.83 bits per heavy atom. The van der Waals surface area contributed by atoms with Gasteiger partial charge in [0, 0.05) is 13.6 Å². The first-order valence-electron chi connectivity index (χ1n) is 7.10. The van der Waals surface area contributed by atoms with Crippen LogP contribution in [0.15, 0.2) is 30.3 Å². The third-order valence-electron chi connectivity index (χ3n) is 3.86. The maximum Gasteiger partial charge on any atom is 0.315 e. The molecular weight excluding hydrogens is 320 g/mol. The smallest absolute Gasteiger partial charge is 0.315 e. The minimum atomic E-state index is -3.47. The average Bonchev–Trinajstić information content (AvgIpc) is 2.48. The third kappa shape index (κ3) is 4.77. The average molecular weight is 342 g/mol. The minimum absolute atomic E-state index is 0.112.